The zero-order valence-corrected chi connectivity index (χ0v) is 12.9. The lowest BCUT2D eigenvalue weighted by Crippen LogP contribution is -2.48. The van der Waals surface area contributed by atoms with Crippen molar-refractivity contribution >= 4 is 11.9 Å². The Hall–Kier alpha value is -2.96. The van der Waals surface area contributed by atoms with Crippen molar-refractivity contribution in [3.8, 4) is 0 Å². The van der Waals surface area contributed by atoms with Crippen molar-refractivity contribution in [2.45, 2.75) is 18.9 Å². The van der Waals surface area contributed by atoms with Gasteiger partial charge in [0.25, 0.3) is 5.91 Å². The van der Waals surface area contributed by atoms with Gasteiger partial charge in [-0.1, -0.05) is 0 Å². The summed E-state index contributed by atoms with van der Waals surface area (Å²) >= 11 is 0. The van der Waals surface area contributed by atoms with Crippen LogP contribution in [0.4, 0.5) is 9.18 Å². The molecule has 3 rings (SSSR count). The molecule has 0 unspecified atom stereocenters. The highest BCUT2D eigenvalue weighted by atomic mass is 19.1. The topological polar surface area (TPSA) is 74.3 Å². The molecule has 124 valence electrons. The van der Waals surface area contributed by atoms with Crippen LogP contribution in [0.25, 0.3) is 0 Å². The maximum absolute atomic E-state index is 12.9. The van der Waals surface area contributed by atoms with E-state index in [1.165, 1.54) is 24.3 Å². The largest absolute Gasteiger partial charge is 0.336 e. The van der Waals surface area contributed by atoms with Crippen LogP contribution >= 0.6 is 0 Å². The Labute approximate surface area is 138 Å². The van der Waals surface area contributed by atoms with E-state index in [1.54, 1.807) is 17.3 Å². The number of hydrazine groups is 1. The molecule has 1 aliphatic heterocycles. The second kappa shape index (κ2) is 7.08. The smallest absolute Gasteiger partial charge is 0.316 e. The average molecular weight is 328 g/mol. The van der Waals surface area contributed by atoms with Gasteiger partial charge in [0.1, 0.15) is 5.82 Å². The number of benzene rings is 1. The minimum atomic E-state index is -0.497. The Morgan fingerprint density at radius 3 is 2.50 bits per heavy atom. The molecule has 1 aromatic carbocycles. The number of rotatable bonds is 2. The summed E-state index contributed by atoms with van der Waals surface area (Å²) in [6.07, 6.45) is 5.15. The molecule has 2 heterocycles. The number of nitrogens with one attached hydrogen (secondary N) is 2. The van der Waals surface area contributed by atoms with Crippen LogP contribution in [0, 0.1) is 5.82 Å². The summed E-state index contributed by atoms with van der Waals surface area (Å²) in [5.41, 5.74) is 6.05. The monoisotopic (exact) mass is 328 g/mol. The molecule has 1 saturated heterocycles. The maximum atomic E-state index is 12.9. The van der Waals surface area contributed by atoms with Crippen molar-refractivity contribution in [3.05, 3.63) is 65.7 Å². The minimum Gasteiger partial charge on any atom is -0.316 e. The molecule has 2 N–H and O–H groups in total. The fourth-order valence-corrected chi connectivity index (χ4v) is 2.80. The Bertz CT molecular complexity index is 721. The minimum absolute atomic E-state index is 0.0317. The predicted molar refractivity (Wildman–Crippen MR) is 85.3 cm³/mol. The van der Waals surface area contributed by atoms with E-state index in [4.69, 9.17) is 0 Å². The molecule has 7 heteroatoms. The number of nitrogens with zero attached hydrogens (tertiary/aromatic N) is 2. The van der Waals surface area contributed by atoms with Crippen LogP contribution in [0.2, 0.25) is 0 Å². The number of carbonyl (C=O) groups excluding carboxylic acids is 2. The van der Waals surface area contributed by atoms with Gasteiger partial charge in [0.15, 0.2) is 0 Å². The maximum Gasteiger partial charge on any atom is 0.336 e. The summed E-state index contributed by atoms with van der Waals surface area (Å²) < 4.78 is 12.9. The number of likely N-dealkylation sites (tertiary alicyclic amines) is 1. The van der Waals surface area contributed by atoms with Gasteiger partial charge in [0, 0.05) is 24.5 Å². The molecule has 1 atom stereocenters. The fourth-order valence-electron chi connectivity index (χ4n) is 2.80. The molecule has 1 aromatic heterocycles. The molecule has 1 aliphatic rings. The SMILES string of the molecule is O=C(NNC(=O)N1CCC[C@H]1c1ccncc1)c1ccc(F)cc1. The summed E-state index contributed by atoms with van der Waals surface area (Å²) in [6, 6.07) is 8.45. The van der Waals surface area contributed by atoms with Gasteiger partial charge in [0.05, 0.1) is 6.04 Å². The summed E-state index contributed by atoms with van der Waals surface area (Å²) in [7, 11) is 0. The van der Waals surface area contributed by atoms with E-state index in [1.807, 2.05) is 12.1 Å². The molecule has 0 aliphatic carbocycles. The number of halogens is 1. The standard InChI is InChI=1S/C17H17FN4O2/c18-14-5-3-13(4-6-14)16(23)20-21-17(24)22-11-1-2-15(22)12-7-9-19-10-8-12/h3-10,15H,1-2,11H2,(H,20,23)(H,21,24)/t15-/m0/s1. The zero-order chi connectivity index (χ0) is 16.9. The highest BCUT2D eigenvalue weighted by Gasteiger charge is 2.30. The molecule has 24 heavy (non-hydrogen) atoms. The van der Waals surface area contributed by atoms with Gasteiger partial charge >= 0.3 is 6.03 Å². The van der Waals surface area contributed by atoms with Crippen LogP contribution in [-0.4, -0.2) is 28.4 Å². The Morgan fingerprint density at radius 1 is 1.08 bits per heavy atom. The van der Waals surface area contributed by atoms with E-state index in [0.717, 1.165) is 18.4 Å². The number of pyridine rings is 1. The van der Waals surface area contributed by atoms with Gasteiger partial charge in [-0.05, 0) is 54.8 Å². The molecule has 6 nitrogen and oxygen atoms in total. The third kappa shape index (κ3) is 3.51. The van der Waals surface area contributed by atoms with E-state index in [2.05, 4.69) is 15.8 Å². The van der Waals surface area contributed by atoms with E-state index in [0.29, 0.717) is 6.54 Å². The van der Waals surface area contributed by atoms with Gasteiger partial charge < -0.3 is 4.90 Å². The summed E-state index contributed by atoms with van der Waals surface area (Å²) in [5, 5.41) is 0. The van der Waals surface area contributed by atoms with E-state index < -0.39 is 11.7 Å². The first-order valence-electron chi connectivity index (χ1n) is 7.67. The second-order valence-electron chi connectivity index (χ2n) is 5.52. The molecule has 1 fully saturated rings. The molecule has 0 radical (unpaired) electrons. The van der Waals surface area contributed by atoms with Gasteiger partial charge in [-0.15, -0.1) is 0 Å². The number of aromatic nitrogens is 1. The predicted octanol–water partition coefficient (Wildman–Crippen LogP) is 2.41. The first kappa shape index (κ1) is 15.9. The highest BCUT2D eigenvalue weighted by Crippen LogP contribution is 2.31. The van der Waals surface area contributed by atoms with Crippen LogP contribution in [0.5, 0.6) is 0 Å². The van der Waals surface area contributed by atoms with Crippen molar-refractivity contribution in [2.75, 3.05) is 6.54 Å². The van der Waals surface area contributed by atoms with Crippen molar-refractivity contribution in [2.24, 2.45) is 0 Å². The van der Waals surface area contributed by atoms with Gasteiger partial charge in [0.2, 0.25) is 0 Å². The molecule has 3 amide bonds. The lowest BCUT2D eigenvalue weighted by Gasteiger charge is -2.25. The first-order valence-corrected chi connectivity index (χ1v) is 7.67. The third-order valence-electron chi connectivity index (χ3n) is 3.99. The Morgan fingerprint density at radius 2 is 1.79 bits per heavy atom. The van der Waals surface area contributed by atoms with Crippen LogP contribution in [0.3, 0.4) is 0 Å². The quantitative estimate of drug-likeness (QED) is 0.832. The molecular formula is C17H17FN4O2. The number of hydrogen-bond donors (Lipinski definition) is 2. The van der Waals surface area contributed by atoms with Crippen molar-refractivity contribution in [1.82, 2.24) is 20.7 Å². The van der Waals surface area contributed by atoms with Crippen LogP contribution in [0.1, 0.15) is 34.8 Å². The van der Waals surface area contributed by atoms with Gasteiger partial charge in [-0.2, -0.15) is 0 Å². The number of hydrogen-bond acceptors (Lipinski definition) is 3. The normalized spacial score (nSPS) is 16.7. The molecule has 0 bridgehead atoms. The molecule has 2 aromatic rings. The van der Waals surface area contributed by atoms with Crippen molar-refractivity contribution < 1.29 is 14.0 Å². The van der Waals surface area contributed by atoms with E-state index >= 15 is 0 Å². The Kier molecular flexibility index (Phi) is 4.69. The second-order valence-corrected chi connectivity index (χ2v) is 5.52. The number of carbonyl (C=O) groups is 2. The third-order valence-corrected chi connectivity index (χ3v) is 3.99. The molecular weight excluding hydrogens is 311 g/mol. The van der Waals surface area contributed by atoms with Gasteiger partial charge in [-0.25, -0.2) is 14.6 Å². The number of urea groups is 1. The summed E-state index contributed by atoms with van der Waals surface area (Å²) in [4.78, 5) is 30.0. The van der Waals surface area contributed by atoms with Gasteiger partial charge in [-0.3, -0.25) is 15.2 Å². The fraction of sp³-hybridized carbons (Fsp3) is 0.235. The summed E-state index contributed by atoms with van der Waals surface area (Å²) in [6.45, 7) is 0.616. The van der Waals surface area contributed by atoms with Crippen molar-refractivity contribution in [1.29, 1.82) is 0 Å². The Balaban J connectivity index is 1.60. The highest BCUT2D eigenvalue weighted by molar-refractivity contribution is 5.95. The zero-order valence-electron chi connectivity index (χ0n) is 12.9. The lowest BCUT2D eigenvalue weighted by atomic mass is 10.1. The molecule has 0 spiro atoms. The van der Waals surface area contributed by atoms with E-state index in [-0.39, 0.29) is 17.6 Å². The average Bonchev–Trinajstić information content (AvgIpc) is 3.10. The lowest BCUT2D eigenvalue weighted by molar-refractivity contribution is 0.0928. The number of amides is 3. The van der Waals surface area contributed by atoms with Crippen molar-refractivity contribution in [3.63, 3.8) is 0 Å². The van der Waals surface area contributed by atoms with Crippen LogP contribution in [0.15, 0.2) is 48.8 Å². The van der Waals surface area contributed by atoms with Crippen LogP contribution in [-0.2, 0) is 0 Å². The summed E-state index contributed by atoms with van der Waals surface area (Å²) in [5.74, 6) is -0.921. The van der Waals surface area contributed by atoms with Crippen LogP contribution < -0.4 is 10.9 Å². The first-order chi connectivity index (χ1) is 11.6. The molecule has 0 saturated carbocycles. The van der Waals surface area contributed by atoms with E-state index in [9.17, 15) is 14.0 Å².